The van der Waals surface area contributed by atoms with Gasteiger partial charge in [-0.15, -0.1) is 0 Å². The summed E-state index contributed by atoms with van der Waals surface area (Å²) in [5.74, 6) is 0.473. The molecular weight excluding hydrogens is 311 g/mol. The van der Waals surface area contributed by atoms with Crippen LogP contribution in [0.2, 0.25) is 0 Å². The van der Waals surface area contributed by atoms with E-state index in [1.54, 1.807) is 18.3 Å². The van der Waals surface area contributed by atoms with Gasteiger partial charge < -0.3 is 10.1 Å². The van der Waals surface area contributed by atoms with Crippen molar-refractivity contribution in [3.63, 3.8) is 0 Å². The third-order valence-corrected chi connectivity index (χ3v) is 4.40. The second-order valence-electron chi connectivity index (χ2n) is 5.06. The largest absolute Gasteiger partial charge is 0.395 e. The van der Waals surface area contributed by atoms with Gasteiger partial charge in [0, 0.05) is 10.0 Å². The lowest BCUT2D eigenvalue weighted by molar-refractivity contribution is 0.113. The van der Waals surface area contributed by atoms with Crippen molar-refractivity contribution in [1.82, 2.24) is 9.97 Å². The minimum absolute atomic E-state index is 0.0842. The molecule has 2 N–H and O–H groups in total. The first-order valence-electron chi connectivity index (χ1n) is 6.26. The highest BCUT2D eigenvalue weighted by atomic mass is 79.9. The summed E-state index contributed by atoms with van der Waals surface area (Å²) in [6.07, 6.45) is 4.59. The van der Waals surface area contributed by atoms with Crippen LogP contribution in [0.3, 0.4) is 0 Å². The number of benzene rings is 1. The number of aliphatic hydroxyl groups is 1. The maximum absolute atomic E-state index is 13.8. The number of hydrogen-bond acceptors (Lipinski definition) is 2. The van der Waals surface area contributed by atoms with Gasteiger partial charge in [0.15, 0.2) is 0 Å². The van der Waals surface area contributed by atoms with E-state index in [1.807, 2.05) is 0 Å². The maximum atomic E-state index is 13.8. The van der Waals surface area contributed by atoms with E-state index in [0.29, 0.717) is 11.3 Å². The van der Waals surface area contributed by atoms with Crippen molar-refractivity contribution >= 4 is 15.9 Å². The molecule has 3 rings (SSSR count). The van der Waals surface area contributed by atoms with Gasteiger partial charge in [-0.05, 0) is 31.0 Å². The van der Waals surface area contributed by atoms with Crippen LogP contribution in [0, 0.1) is 5.82 Å². The Morgan fingerprint density at radius 2 is 2.21 bits per heavy atom. The number of hydrogen-bond donors (Lipinski definition) is 2. The first-order chi connectivity index (χ1) is 9.14. The molecule has 0 unspecified atom stereocenters. The van der Waals surface area contributed by atoms with Crippen LogP contribution in [0.4, 0.5) is 4.39 Å². The second-order valence-corrected chi connectivity index (χ2v) is 5.98. The molecule has 0 atom stereocenters. The average molecular weight is 325 g/mol. The Hall–Kier alpha value is -1.20. The molecule has 1 aliphatic rings. The number of halogens is 2. The van der Waals surface area contributed by atoms with Crippen molar-refractivity contribution < 1.29 is 9.50 Å². The monoisotopic (exact) mass is 324 g/mol. The lowest BCUT2D eigenvalue weighted by Gasteiger charge is -2.38. The molecule has 1 heterocycles. The molecule has 0 saturated heterocycles. The molecular formula is C14H14BrFN2O. The zero-order chi connectivity index (χ0) is 13.5. The minimum Gasteiger partial charge on any atom is -0.395 e. The van der Waals surface area contributed by atoms with Crippen LogP contribution in [-0.4, -0.2) is 21.7 Å². The highest BCUT2D eigenvalue weighted by Crippen LogP contribution is 2.42. The van der Waals surface area contributed by atoms with Crippen LogP contribution in [0.1, 0.15) is 25.1 Å². The third-order valence-electron chi connectivity index (χ3n) is 3.91. The molecule has 1 aromatic heterocycles. The van der Waals surface area contributed by atoms with Crippen molar-refractivity contribution in [3.8, 4) is 11.3 Å². The molecule has 0 amide bonds. The highest BCUT2D eigenvalue weighted by molar-refractivity contribution is 9.10. The zero-order valence-corrected chi connectivity index (χ0v) is 11.9. The fraction of sp³-hybridized carbons (Fsp3) is 0.357. The van der Waals surface area contributed by atoms with E-state index < -0.39 is 0 Å². The maximum Gasteiger partial charge on any atom is 0.132 e. The summed E-state index contributed by atoms with van der Waals surface area (Å²) in [5.41, 5.74) is 0.884. The molecule has 0 spiro atoms. The van der Waals surface area contributed by atoms with Crippen LogP contribution in [0.25, 0.3) is 11.3 Å². The second kappa shape index (κ2) is 4.72. The topological polar surface area (TPSA) is 48.9 Å². The Bertz CT molecular complexity index is 602. The number of imidazole rings is 1. The van der Waals surface area contributed by atoms with E-state index in [-0.39, 0.29) is 17.8 Å². The van der Waals surface area contributed by atoms with Gasteiger partial charge in [-0.1, -0.05) is 22.4 Å². The van der Waals surface area contributed by atoms with Crippen molar-refractivity contribution in [1.29, 1.82) is 0 Å². The summed E-state index contributed by atoms with van der Waals surface area (Å²) in [7, 11) is 0. The van der Waals surface area contributed by atoms with Gasteiger partial charge in [-0.25, -0.2) is 9.37 Å². The molecule has 1 fully saturated rings. The number of aromatic nitrogens is 2. The molecule has 1 aliphatic carbocycles. The molecule has 1 saturated carbocycles. The lowest BCUT2D eigenvalue weighted by atomic mass is 9.69. The molecule has 19 heavy (non-hydrogen) atoms. The van der Waals surface area contributed by atoms with E-state index in [0.717, 1.165) is 29.6 Å². The van der Waals surface area contributed by atoms with Crippen LogP contribution in [0.15, 0.2) is 28.9 Å². The Kier molecular flexibility index (Phi) is 3.19. The molecule has 3 nitrogen and oxygen atoms in total. The van der Waals surface area contributed by atoms with E-state index >= 15 is 0 Å². The predicted octanol–water partition coefficient (Wildman–Crippen LogP) is 3.39. The number of aliphatic hydroxyl groups excluding tert-OH is 1. The first kappa shape index (κ1) is 12.8. The zero-order valence-electron chi connectivity index (χ0n) is 10.3. The predicted molar refractivity (Wildman–Crippen MR) is 74.3 cm³/mol. The fourth-order valence-corrected chi connectivity index (χ4v) is 2.87. The number of H-pyrrole nitrogens is 1. The normalized spacial score (nSPS) is 17.2. The van der Waals surface area contributed by atoms with Crippen LogP contribution in [-0.2, 0) is 5.41 Å². The van der Waals surface area contributed by atoms with Gasteiger partial charge in [-0.2, -0.15) is 0 Å². The number of nitrogens with one attached hydrogen (secondary N) is 1. The van der Waals surface area contributed by atoms with E-state index in [2.05, 4.69) is 25.9 Å². The molecule has 0 bridgehead atoms. The van der Waals surface area contributed by atoms with E-state index in [9.17, 15) is 9.50 Å². The average Bonchev–Trinajstić information content (AvgIpc) is 2.81. The van der Waals surface area contributed by atoms with E-state index in [1.165, 1.54) is 6.07 Å². The van der Waals surface area contributed by atoms with Crippen LogP contribution >= 0.6 is 15.9 Å². The van der Waals surface area contributed by atoms with Crippen molar-refractivity contribution in [2.24, 2.45) is 0 Å². The van der Waals surface area contributed by atoms with Crippen molar-refractivity contribution in [2.75, 3.05) is 6.61 Å². The molecule has 1 aromatic carbocycles. The van der Waals surface area contributed by atoms with Crippen LogP contribution < -0.4 is 0 Å². The van der Waals surface area contributed by atoms with Crippen LogP contribution in [0.5, 0.6) is 0 Å². The summed E-state index contributed by atoms with van der Waals surface area (Å²) in [6.45, 7) is 0.0842. The van der Waals surface area contributed by atoms with Crippen molar-refractivity contribution in [3.05, 3.63) is 40.5 Å². The van der Waals surface area contributed by atoms with Gasteiger partial charge in [0.25, 0.3) is 0 Å². The van der Waals surface area contributed by atoms with Gasteiger partial charge >= 0.3 is 0 Å². The Morgan fingerprint density at radius 3 is 2.84 bits per heavy atom. The first-order valence-corrected chi connectivity index (χ1v) is 7.06. The summed E-state index contributed by atoms with van der Waals surface area (Å²) >= 11 is 3.34. The quantitative estimate of drug-likeness (QED) is 0.909. The molecule has 2 aromatic rings. The van der Waals surface area contributed by atoms with Crippen molar-refractivity contribution in [2.45, 2.75) is 24.7 Å². The number of aromatic amines is 1. The SMILES string of the molecule is OCC1(c2ncc(-c3cc(Br)ccc3F)[nH]2)CCC1. The van der Waals surface area contributed by atoms with Gasteiger partial charge in [0.2, 0.25) is 0 Å². The molecule has 5 heteroatoms. The Morgan fingerprint density at radius 1 is 1.42 bits per heavy atom. The minimum atomic E-state index is -0.287. The summed E-state index contributed by atoms with van der Waals surface area (Å²) < 4.78 is 14.6. The number of rotatable bonds is 3. The molecule has 0 radical (unpaired) electrons. The third kappa shape index (κ3) is 2.11. The summed E-state index contributed by atoms with van der Waals surface area (Å²) in [5, 5.41) is 9.53. The smallest absolute Gasteiger partial charge is 0.132 e. The fourth-order valence-electron chi connectivity index (χ4n) is 2.50. The Balaban J connectivity index is 1.99. The number of nitrogens with zero attached hydrogens (tertiary/aromatic N) is 1. The van der Waals surface area contributed by atoms with E-state index in [4.69, 9.17) is 0 Å². The standard InChI is InChI=1S/C14H14BrFN2O/c15-9-2-3-11(16)10(6-9)12-7-17-13(18-12)14(8-19)4-1-5-14/h2-3,6-7,19H,1,4-5,8H2,(H,17,18). The highest BCUT2D eigenvalue weighted by Gasteiger charge is 2.40. The summed E-state index contributed by atoms with van der Waals surface area (Å²) in [6, 6.07) is 4.81. The molecule has 0 aliphatic heterocycles. The summed E-state index contributed by atoms with van der Waals surface area (Å²) in [4.78, 5) is 7.49. The Labute approximate surface area is 119 Å². The van der Waals surface area contributed by atoms with Gasteiger partial charge in [0.1, 0.15) is 11.6 Å². The lowest BCUT2D eigenvalue weighted by Crippen LogP contribution is -2.39. The van der Waals surface area contributed by atoms with Gasteiger partial charge in [-0.3, -0.25) is 0 Å². The molecule has 100 valence electrons. The van der Waals surface area contributed by atoms with Gasteiger partial charge in [0.05, 0.1) is 23.9 Å².